The lowest BCUT2D eigenvalue weighted by molar-refractivity contribution is 0.0708. The van der Waals surface area contributed by atoms with Crippen molar-refractivity contribution in [2.24, 2.45) is 11.5 Å². The maximum atomic E-state index is 5.75. The number of nitrogens with two attached hydrogens (primary N) is 2. The molecule has 0 aromatic heterocycles. The molecule has 0 saturated heterocycles. The summed E-state index contributed by atoms with van der Waals surface area (Å²) in [6, 6.07) is 0.798. The number of hydrogen-bond acceptors (Lipinski definition) is 6. The molecule has 0 heterocycles. The van der Waals surface area contributed by atoms with Gasteiger partial charge in [0.1, 0.15) is 0 Å². The molecule has 110 valence electrons. The summed E-state index contributed by atoms with van der Waals surface area (Å²) in [7, 11) is -2.49. The van der Waals surface area contributed by atoms with E-state index < -0.39 is 8.80 Å². The molecule has 6 nitrogen and oxygen atoms in total. The zero-order valence-corrected chi connectivity index (χ0v) is 12.9. The summed E-state index contributed by atoms with van der Waals surface area (Å²) < 4.78 is 17.3. The zero-order chi connectivity index (χ0) is 13.9. The van der Waals surface area contributed by atoms with Crippen molar-refractivity contribution in [3.05, 3.63) is 0 Å². The highest BCUT2D eigenvalue weighted by atomic mass is 28.4. The monoisotopic (exact) mass is 279 g/mol. The Labute approximate surface area is 112 Å². The number of hydrogen-bond donors (Lipinski definition) is 3. The molecule has 0 aliphatic heterocycles. The van der Waals surface area contributed by atoms with E-state index in [0.717, 1.165) is 19.0 Å². The summed E-state index contributed by atoms with van der Waals surface area (Å²) in [4.78, 5) is 0. The van der Waals surface area contributed by atoms with Gasteiger partial charge in [0.05, 0.1) is 6.17 Å². The molecule has 1 atom stereocenters. The minimum absolute atomic E-state index is 0.146. The maximum Gasteiger partial charge on any atom is 0.500 e. The van der Waals surface area contributed by atoms with E-state index in [-0.39, 0.29) is 6.17 Å². The van der Waals surface area contributed by atoms with E-state index in [2.05, 4.69) is 5.32 Å². The van der Waals surface area contributed by atoms with E-state index in [4.69, 9.17) is 24.7 Å². The molecule has 0 radical (unpaired) electrons. The van der Waals surface area contributed by atoms with E-state index in [9.17, 15) is 0 Å². The standard InChI is InChI=1S/C11H29N3O3Si/c1-4-15-18(16-5-2,17-6-3)9-7-8-14-11(13)10-12/h11,14H,4-10,12-13H2,1-3H3. The van der Waals surface area contributed by atoms with Crippen LogP contribution in [0.25, 0.3) is 0 Å². The minimum atomic E-state index is -2.49. The Morgan fingerprint density at radius 2 is 1.56 bits per heavy atom. The summed E-state index contributed by atoms with van der Waals surface area (Å²) >= 11 is 0. The van der Waals surface area contributed by atoms with Gasteiger partial charge in [0.15, 0.2) is 0 Å². The fourth-order valence-electron chi connectivity index (χ4n) is 1.68. The normalized spacial score (nSPS) is 13.8. The van der Waals surface area contributed by atoms with Crippen LogP contribution in [-0.2, 0) is 13.3 Å². The molecule has 5 N–H and O–H groups in total. The molecule has 0 aliphatic carbocycles. The second kappa shape index (κ2) is 10.9. The van der Waals surface area contributed by atoms with Gasteiger partial charge in [0.25, 0.3) is 0 Å². The van der Waals surface area contributed by atoms with Crippen LogP contribution >= 0.6 is 0 Å². The third kappa shape index (κ3) is 7.42. The Hall–Kier alpha value is -0.0231. The van der Waals surface area contributed by atoms with Crippen LogP contribution in [-0.4, -0.2) is 47.9 Å². The second-order valence-corrected chi connectivity index (χ2v) is 6.61. The van der Waals surface area contributed by atoms with Crippen LogP contribution < -0.4 is 16.8 Å². The Kier molecular flexibility index (Phi) is 10.8. The van der Waals surface area contributed by atoms with Crippen molar-refractivity contribution in [3.8, 4) is 0 Å². The molecule has 7 heteroatoms. The highest BCUT2D eigenvalue weighted by molar-refractivity contribution is 6.60. The Morgan fingerprint density at radius 3 is 1.94 bits per heavy atom. The van der Waals surface area contributed by atoms with Crippen LogP contribution in [0.5, 0.6) is 0 Å². The third-order valence-electron chi connectivity index (χ3n) is 2.41. The van der Waals surface area contributed by atoms with Gasteiger partial charge in [-0.1, -0.05) is 0 Å². The van der Waals surface area contributed by atoms with Crippen LogP contribution in [0, 0.1) is 0 Å². The van der Waals surface area contributed by atoms with Crippen molar-refractivity contribution >= 4 is 8.80 Å². The van der Waals surface area contributed by atoms with Crippen molar-refractivity contribution in [3.63, 3.8) is 0 Å². The van der Waals surface area contributed by atoms with E-state index >= 15 is 0 Å². The van der Waals surface area contributed by atoms with Crippen molar-refractivity contribution in [2.75, 3.05) is 32.9 Å². The van der Waals surface area contributed by atoms with Gasteiger partial charge < -0.3 is 30.1 Å². The average molecular weight is 279 g/mol. The molecule has 0 aliphatic rings. The lowest BCUT2D eigenvalue weighted by Crippen LogP contribution is -2.47. The first-order valence-electron chi connectivity index (χ1n) is 6.75. The summed E-state index contributed by atoms with van der Waals surface area (Å²) in [6.07, 6.45) is 0.757. The van der Waals surface area contributed by atoms with Gasteiger partial charge in [-0.3, -0.25) is 0 Å². The SMILES string of the molecule is CCO[Si](CCCNC(N)CN)(OCC)OCC. The third-order valence-corrected chi connectivity index (χ3v) is 5.56. The highest BCUT2D eigenvalue weighted by Crippen LogP contribution is 2.17. The quantitative estimate of drug-likeness (QED) is 0.270. The molecule has 0 aromatic rings. The van der Waals surface area contributed by atoms with Crippen molar-refractivity contribution in [1.82, 2.24) is 5.32 Å². The van der Waals surface area contributed by atoms with Gasteiger partial charge >= 0.3 is 8.80 Å². The Morgan fingerprint density at radius 1 is 1.06 bits per heavy atom. The number of rotatable bonds is 12. The predicted molar refractivity (Wildman–Crippen MR) is 75.1 cm³/mol. The molecule has 0 aromatic carbocycles. The second-order valence-electron chi connectivity index (χ2n) is 3.88. The van der Waals surface area contributed by atoms with E-state index in [1.807, 2.05) is 20.8 Å². The molecule has 0 saturated carbocycles. The van der Waals surface area contributed by atoms with Crippen LogP contribution in [0.4, 0.5) is 0 Å². The van der Waals surface area contributed by atoms with Crippen molar-refractivity contribution in [2.45, 2.75) is 39.4 Å². The molecule has 1 unspecified atom stereocenters. The molecule has 18 heavy (non-hydrogen) atoms. The molecule has 0 bridgehead atoms. The Bertz CT molecular complexity index is 181. The van der Waals surface area contributed by atoms with Crippen LogP contribution in [0.3, 0.4) is 0 Å². The minimum Gasteiger partial charge on any atom is -0.374 e. The highest BCUT2D eigenvalue weighted by Gasteiger charge is 2.39. The van der Waals surface area contributed by atoms with Gasteiger partial charge in [-0.2, -0.15) is 0 Å². The average Bonchev–Trinajstić information content (AvgIpc) is 2.35. The molecular weight excluding hydrogens is 250 g/mol. The molecular formula is C11H29N3O3Si. The van der Waals surface area contributed by atoms with Crippen LogP contribution in [0.2, 0.25) is 6.04 Å². The summed E-state index contributed by atoms with van der Waals surface area (Å²) in [5.41, 5.74) is 11.1. The molecule has 0 amide bonds. The molecule has 0 fully saturated rings. The van der Waals surface area contributed by atoms with Gasteiger partial charge in [-0.25, -0.2) is 0 Å². The van der Waals surface area contributed by atoms with E-state index in [1.54, 1.807) is 0 Å². The summed E-state index contributed by atoms with van der Waals surface area (Å²) in [5, 5.41) is 3.14. The lowest BCUT2D eigenvalue weighted by atomic mass is 10.4. The van der Waals surface area contributed by atoms with Gasteiger partial charge in [-0.05, 0) is 33.7 Å². The fourth-order valence-corrected chi connectivity index (χ4v) is 4.29. The van der Waals surface area contributed by atoms with Gasteiger partial charge in [0.2, 0.25) is 0 Å². The lowest BCUT2D eigenvalue weighted by Gasteiger charge is -2.28. The zero-order valence-electron chi connectivity index (χ0n) is 11.9. The first kappa shape index (κ1) is 18.0. The van der Waals surface area contributed by atoms with E-state index in [0.29, 0.717) is 26.4 Å². The van der Waals surface area contributed by atoms with Gasteiger partial charge in [-0.15, -0.1) is 0 Å². The van der Waals surface area contributed by atoms with E-state index in [1.165, 1.54) is 0 Å². The molecule has 0 spiro atoms. The predicted octanol–water partition coefficient (Wildman–Crippen LogP) is 0.258. The first-order valence-corrected chi connectivity index (χ1v) is 8.68. The van der Waals surface area contributed by atoms with Crippen molar-refractivity contribution in [1.29, 1.82) is 0 Å². The van der Waals surface area contributed by atoms with Gasteiger partial charge in [0, 0.05) is 32.4 Å². The number of nitrogens with one attached hydrogen (secondary N) is 1. The maximum absolute atomic E-state index is 5.75. The molecule has 0 rings (SSSR count). The van der Waals surface area contributed by atoms with Crippen LogP contribution in [0.15, 0.2) is 0 Å². The topological polar surface area (TPSA) is 91.8 Å². The largest absolute Gasteiger partial charge is 0.500 e. The summed E-state index contributed by atoms with van der Waals surface area (Å²) in [5.74, 6) is 0. The van der Waals surface area contributed by atoms with Crippen molar-refractivity contribution < 1.29 is 13.3 Å². The van der Waals surface area contributed by atoms with Crippen LogP contribution in [0.1, 0.15) is 27.2 Å². The Balaban J connectivity index is 4.12. The smallest absolute Gasteiger partial charge is 0.374 e. The fraction of sp³-hybridized carbons (Fsp3) is 1.00. The summed E-state index contributed by atoms with van der Waals surface area (Å²) in [6.45, 7) is 8.95. The first-order chi connectivity index (χ1) is 8.64.